The van der Waals surface area contributed by atoms with Crippen molar-refractivity contribution in [1.82, 2.24) is 4.31 Å². The Hall–Kier alpha value is -1.65. The monoisotopic (exact) mass is 301 g/mol. The minimum atomic E-state index is -3.45. The van der Waals surface area contributed by atoms with Gasteiger partial charge in [0.05, 0.1) is 16.5 Å². The molecule has 1 heterocycles. The Morgan fingerprint density at radius 1 is 0.952 bits per heavy atom. The van der Waals surface area contributed by atoms with Crippen LogP contribution in [0.3, 0.4) is 0 Å². The van der Waals surface area contributed by atoms with Gasteiger partial charge in [0.15, 0.2) is 0 Å². The molecule has 1 fully saturated rings. The van der Waals surface area contributed by atoms with Crippen LogP contribution in [-0.2, 0) is 10.0 Å². The zero-order valence-corrected chi connectivity index (χ0v) is 13.3. The van der Waals surface area contributed by atoms with E-state index in [-0.39, 0.29) is 11.6 Å². The van der Waals surface area contributed by atoms with E-state index in [9.17, 15) is 8.42 Å². The first-order valence-electron chi connectivity index (χ1n) is 7.01. The van der Waals surface area contributed by atoms with E-state index in [1.54, 1.807) is 16.4 Å². The summed E-state index contributed by atoms with van der Waals surface area (Å²) < 4.78 is 27.3. The number of sulfonamides is 1. The van der Waals surface area contributed by atoms with Crippen LogP contribution in [0.15, 0.2) is 59.5 Å². The minimum Gasteiger partial charge on any atom is -0.207 e. The molecule has 1 saturated heterocycles. The van der Waals surface area contributed by atoms with Crippen molar-refractivity contribution < 1.29 is 8.42 Å². The molecule has 3 rings (SSSR count). The summed E-state index contributed by atoms with van der Waals surface area (Å²) >= 11 is 0. The molecule has 21 heavy (non-hydrogen) atoms. The fourth-order valence-corrected chi connectivity index (χ4v) is 4.94. The Morgan fingerprint density at radius 3 is 2.10 bits per heavy atom. The van der Waals surface area contributed by atoms with Crippen LogP contribution in [0, 0.1) is 6.92 Å². The lowest BCUT2D eigenvalue weighted by Crippen LogP contribution is -2.18. The summed E-state index contributed by atoms with van der Waals surface area (Å²) in [6.07, 6.45) is 0. The predicted octanol–water partition coefficient (Wildman–Crippen LogP) is 3.52. The van der Waals surface area contributed by atoms with Crippen LogP contribution in [0.25, 0.3) is 0 Å². The van der Waals surface area contributed by atoms with Gasteiger partial charge in [0.1, 0.15) is 0 Å². The van der Waals surface area contributed by atoms with Crippen LogP contribution in [0.5, 0.6) is 0 Å². The van der Waals surface area contributed by atoms with E-state index in [1.165, 1.54) is 0 Å². The van der Waals surface area contributed by atoms with Crippen molar-refractivity contribution in [3.05, 3.63) is 65.7 Å². The molecule has 0 amide bonds. The normalized spacial score (nSPS) is 23.8. The molecular formula is C17H19NO2S. The third-order valence-electron chi connectivity index (χ3n) is 4.10. The van der Waals surface area contributed by atoms with Gasteiger partial charge in [-0.25, -0.2) is 8.42 Å². The Labute approximate surface area is 126 Å². The topological polar surface area (TPSA) is 37.1 Å². The minimum absolute atomic E-state index is 0.0926. The molecule has 0 aromatic heterocycles. The van der Waals surface area contributed by atoms with Crippen molar-refractivity contribution in [1.29, 1.82) is 0 Å². The second-order valence-corrected chi connectivity index (χ2v) is 7.90. The molecule has 0 spiro atoms. The predicted molar refractivity (Wildman–Crippen MR) is 83.5 cm³/mol. The van der Waals surface area contributed by atoms with E-state index in [0.29, 0.717) is 4.90 Å². The van der Waals surface area contributed by atoms with Crippen LogP contribution in [0.1, 0.15) is 31.0 Å². The van der Waals surface area contributed by atoms with Gasteiger partial charge >= 0.3 is 0 Å². The van der Waals surface area contributed by atoms with E-state index in [4.69, 9.17) is 0 Å². The van der Waals surface area contributed by atoms with Crippen LogP contribution in [0.4, 0.5) is 0 Å². The number of aryl methyl sites for hydroxylation is 1. The first-order valence-corrected chi connectivity index (χ1v) is 8.45. The van der Waals surface area contributed by atoms with Crippen LogP contribution in [-0.4, -0.2) is 18.3 Å². The standard InChI is InChI=1S/C17H19NO2S/c1-13-9-11-15(12-10-13)21(19,20)18-16(17(18,2)3)14-7-5-4-6-8-14/h4-12,16H,1-3H3. The van der Waals surface area contributed by atoms with Gasteiger partial charge in [-0.2, -0.15) is 4.31 Å². The Kier molecular flexibility index (Phi) is 3.19. The van der Waals surface area contributed by atoms with Gasteiger partial charge in [0, 0.05) is 0 Å². The quantitative estimate of drug-likeness (QED) is 0.813. The fourth-order valence-electron chi connectivity index (χ4n) is 2.90. The largest absolute Gasteiger partial charge is 0.244 e. The van der Waals surface area contributed by atoms with Crippen molar-refractivity contribution in [2.75, 3.05) is 0 Å². The molecule has 2 atom stereocenters. The second kappa shape index (κ2) is 4.68. The summed E-state index contributed by atoms with van der Waals surface area (Å²) in [6, 6.07) is 16.7. The SMILES string of the molecule is Cc1ccc(S(=O)(=O)N2C(c3ccccc3)C2(C)C)cc1. The number of hydrogen-bond donors (Lipinski definition) is 0. The average molecular weight is 301 g/mol. The molecule has 110 valence electrons. The van der Waals surface area contributed by atoms with Crippen molar-refractivity contribution >= 4 is 10.0 Å². The molecule has 0 N–H and O–H groups in total. The van der Waals surface area contributed by atoms with E-state index in [1.807, 2.05) is 63.2 Å². The highest BCUT2D eigenvalue weighted by molar-refractivity contribution is 7.89. The molecule has 1 aliphatic rings. The van der Waals surface area contributed by atoms with Crippen molar-refractivity contribution in [2.45, 2.75) is 37.2 Å². The van der Waals surface area contributed by atoms with E-state index in [2.05, 4.69) is 0 Å². The van der Waals surface area contributed by atoms with E-state index >= 15 is 0 Å². The molecule has 0 bridgehead atoms. The summed E-state index contributed by atoms with van der Waals surface area (Å²) in [7, 11) is -3.45. The lowest BCUT2D eigenvalue weighted by atomic mass is 10.0. The van der Waals surface area contributed by atoms with E-state index in [0.717, 1.165) is 11.1 Å². The number of benzene rings is 2. The Balaban J connectivity index is 1.99. The zero-order chi connectivity index (χ0) is 15.3. The van der Waals surface area contributed by atoms with Crippen LogP contribution >= 0.6 is 0 Å². The maximum absolute atomic E-state index is 12.8. The first-order chi connectivity index (χ1) is 9.85. The number of hydrogen-bond acceptors (Lipinski definition) is 2. The summed E-state index contributed by atoms with van der Waals surface area (Å²) in [6.45, 7) is 5.89. The van der Waals surface area contributed by atoms with Gasteiger partial charge in [-0.1, -0.05) is 48.0 Å². The van der Waals surface area contributed by atoms with Crippen LogP contribution in [0.2, 0.25) is 0 Å². The second-order valence-electron chi connectivity index (χ2n) is 6.08. The highest BCUT2D eigenvalue weighted by Crippen LogP contribution is 2.56. The maximum Gasteiger partial charge on any atom is 0.244 e. The molecule has 1 aliphatic heterocycles. The van der Waals surface area contributed by atoms with Crippen molar-refractivity contribution in [3.63, 3.8) is 0 Å². The smallest absolute Gasteiger partial charge is 0.207 e. The van der Waals surface area contributed by atoms with Gasteiger partial charge in [0.25, 0.3) is 0 Å². The van der Waals surface area contributed by atoms with Crippen molar-refractivity contribution in [3.8, 4) is 0 Å². The number of rotatable bonds is 3. The van der Waals surface area contributed by atoms with E-state index < -0.39 is 10.0 Å². The molecule has 2 unspecified atom stereocenters. The molecule has 4 heteroatoms. The van der Waals surface area contributed by atoms with Gasteiger partial charge in [0.2, 0.25) is 10.0 Å². The molecular weight excluding hydrogens is 282 g/mol. The maximum atomic E-state index is 12.8. The average Bonchev–Trinajstić information content (AvgIpc) is 3.04. The number of nitrogens with zero attached hydrogens (tertiary/aromatic N) is 1. The lowest BCUT2D eigenvalue weighted by molar-refractivity contribution is 0.527. The lowest BCUT2D eigenvalue weighted by Gasteiger charge is -2.08. The molecule has 3 nitrogen and oxygen atoms in total. The van der Waals surface area contributed by atoms with Gasteiger partial charge in [-0.15, -0.1) is 0 Å². The summed E-state index contributed by atoms with van der Waals surface area (Å²) in [5.74, 6) is 0. The van der Waals surface area contributed by atoms with Gasteiger partial charge in [-0.05, 0) is 38.5 Å². The third-order valence-corrected chi connectivity index (χ3v) is 6.16. The van der Waals surface area contributed by atoms with Gasteiger partial charge in [-0.3, -0.25) is 0 Å². The molecule has 0 saturated carbocycles. The Morgan fingerprint density at radius 2 is 1.52 bits per heavy atom. The first kappa shape index (κ1) is 14.3. The highest BCUT2D eigenvalue weighted by atomic mass is 32.2. The molecule has 2 aromatic carbocycles. The molecule has 0 radical (unpaired) electrons. The zero-order valence-electron chi connectivity index (χ0n) is 12.4. The fraction of sp³-hybridized carbons (Fsp3) is 0.294. The summed E-state index contributed by atoms with van der Waals surface area (Å²) in [5.41, 5.74) is 1.71. The van der Waals surface area contributed by atoms with Crippen molar-refractivity contribution in [2.24, 2.45) is 0 Å². The Bertz CT molecular complexity index is 749. The highest BCUT2D eigenvalue weighted by Gasteiger charge is 2.62. The van der Waals surface area contributed by atoms with Crippen LogP contribution < -0.4 is 0 Å². The molecule has 0 aliphatic carbocycles. The van der Waals surface area contributed by atoms with Gasteiger partial charge < -0.3 is 0 Å². The molecule has 2 aromatic rings. The summed E-state index contributed by atoms with van der Waals surface area (Å²) in [4.78, 5) is 0.361. The third kappa shape index (κ3) is 2.28. The summed E-state index contributed by atoms with van der Waals surface area (Å²) in [5, 5.41) is 0.